The van der Waals surface area contributed by atoms with E-state index in [0.717, 1.165) is 0 Å². The predicted octanol–water partition coefficient (Wildman–Crippen LogP) is 3.40. The van der Waals surface area contributed by atoms with Gasteiger partial charge in [-0.05, 0) is 35.7 Å². The molecule has 7 nitrogen and oxygen atoms in total. The largest absolute Gasteiger partial charge is 0.493 e. The van der Waals surface area contributed by atoms with Crippen molar-refractivity contribution in [3.63, 3.8) is 0 Å². The first kappa shape index (κ1) is 24.7. The van der Waals surface area contributed by atoms with Crippen molar-refractivity contribution in [2.24, 2.45) is 11.0 Å². The van der Waals surface area contributed by atoms with Gasteiger partial charge in [-0.1, -0.05) is 43.5 Å². The number of methoxy groups -OCH3 is 1. The highest BCUT2D eigenvalue weighted by atomic mass is 35.5. The Balaban J connectivity index is 2.10. The Morgan fingerprint density at radius 1 is 1.31 bits per heavy atom. The van der Waals surface area contributed by atoms with Crippen molar-refractivity contribution in [2.75, 3.05) is 13.7 Å². The van der Waals surface area contributed by atoms with E-state index >= 15 is 0 Å². The van der Waals surface area contributed by atoms with E-state index in [0.29, 0.717) is 17.1 Å². The van der Waals surface area contributed by atoms with Crippen LogP contribution in [0.3, 0.4) is 0 Å². The Bertz CT molecular complexity index is 1050. The van der Waals surface area contributed by atoms with E-state index < -0.39 is 23.7 Å². The molecule has 0 aliphatic carbocycles. The lowest BCUT2D eigenvalue weighted by molar-refractivity contribution is -0.123. The Kier molecular flexibility index (Phi) is 9.05. The first-order valence-corrected chi connectivity index (χ1v) is 9.98. The maximum Gasteiger partial charge on any atom is 0.262 e. The topological polar surface area (TPSA) is 89.0 Å². The van der Waals surface area contributed by atoms with Crippen LogP contribution in [0.5, 0.6) is 11.5 Å². The molecule has 0 aromatic heterocycles. The van der Waals surface area contributed by atoms with Gasteiger partial charge in [0, 0.05) is 0 Å². The summed E-state index contributed by atoms with van der Waals surface area (Å²) in [4.78, 5) is 24.9. The molecule has 2 rings (SSSR count). The number of hydrogen-bond acceptors (Lipinski definition) is 5. The van der Waals surface area contributed by atoms with Crippen molar-refractivity contribution < 1.29 is 23.5 Å². The fraction of sp³-hybridized carbons (Fsp3) is 0.261. The van der Waals surface area contributed by atoms with Crippen molar-refractivity contribution in [3.8, 4) is 23.8 Å². The number of carbonyl (C=O) groups excluding carboxylic acids is 2. The second-order valence-corrected chi connectivity index (χ2v) is 7.34. The predicted molar refractivity (Wildman–Crippen MR) is 121 cm³/mol. The van der Waals surface area contributed by atoms with Crippen molar-refractivity contribution in [2.45, 2.75) is 19.9 Å². The molecule has 32 heavy (non-hydrogen) atoms. The first-order chi connectivity index (χ1) is 15.3. The molecule has 9 heteroatoms. The highest BCUT2D eigenvalue weighted by molar-refractivity contribution is 6.32. The minimum absolute atomic E-state index is 0.0226. The van der Waals surface area contributed by atoms with E-state index in [-0.39, 0.29) is 23.1 Å². The normalized spacial score (nSPS) is 11.7. The van der Waals surface area contributed by atoms with E-state index in [4.69, 9.17) is 27.5 Å². The van der Waals surface area contributed by atoms with E-state index in [1.54, 1.807) is 26.0 Å². The molecule has 1 unspecified atom stereocenters. The standard InChI is InChI=1S/C23H23ClFN3O4/c1-5-10-32-21-17(24)11-15(12-19(21)31-4)13-26-28-23(30)20(14(2)3)27-22(29)16-8-6-7-9-18(16)25/h1,6-9,11-14,20H,10H2,2-4H3,(H,27,29)(H,28,30)/b26-13+. The van der Waals surface area contributed by atoms with Crippen LogP contribution >= 0.6 is 11.6 Å². The number of terminal acetylenes is 1. The van der Waals surface area contributed by atoms with Crippen LogP contribution in [-0.4, -0.2) is 37.8 Å². The molecule has 2 aromatic rings. The van der Waals surface area contributed by atoms with Crippen LogP contribution in [0, 0.1) is 24.1 Å². The lowest BCUT2D eigenvalue weighted by atomic mass is 10.0. The number of nitrogens with zero attached hydrogens (tertiary/aromatic N) is 1. The molecule has 1 atom stereocenters. The molecule has 0 heterocycles. The zero-order chi connectivity index (χ0) is 23.7. The second kappa shape index (κ2) is 11.7. The van der Waals surface area contributed by atoms with Gasteiger partial charge in [0.2, 0.25) is 0 Å². The highest BCUT2D eigenvalue weighted by Crippen LogP contribution is 2.35. The molecule has 0 saturated carbocycles. The summed E-state index contributed by atoms with van der Waals surface area (Å²) in [6.45, 7) is 3.51. The van der Waals surface area contributed by atoms with Crippen LogP contribution in [-0.2, 0) is 4.79 Å². The molecular formula is C23H23ClFN3O4. The molecule has 0 saturated heterocycles. The molecule has 0 aliphatic rings. The number of amides is 2. The fourth-order valence-corrected chi connectivity index (χ4v) is 2.98. The lowest BCUT2D eigenvalue weighted by Crippen LogP contribution is -2.48. The van der Waals surface area contributed by atoms with Gasteiger partial charge in [-0.25, -0.2) is 9.82 Å². The molecular weight excluding hydrogens is 437 g/mol. The smallest absolute Gasteiger partial charge is 0.262 e. The molecule has 168 valence electrons. The molecule has 0 bridgehead atoms. The van der Waals surface area contributed by atoms with E-state index in [1.165, 1.54) is 37.6 Å². The van der Waals surface area contributed by atoms with Crippen molar-refractivity contribution in [1.82, 2.24) is 10.7 Å². The lowest BCUT2D eigenvalue weighted by Gasteiger charge is -2.20. The van der Waals surface area contributed by atoms with Crippen LogP contribution in [0.4, 0.5) is 4.39 Å². The number of carbonyl (C=O) groups is 2. The van der Waals surface area contributed by atoms with Crippen LogP contribution in [0.1, 0.15) is 29.8 Å². The van der Waals surface area contributed by atoms with Gasteiger partial charge in [-0.15, -0.1) is 6.42 Å². The molecule has 0 radical (unpaired) electrons. The molecule has 0 spiro atoms. The summed E-state index contributed by atoms with van der Waals surface area (Å²) in [5.74, 6) is 0.776. The number of nitrogens with one attached hydrogen (secondary N) is 2. The van der Waals surface area contributed by atoms with E-state index in [9.17, 15) is 14.0 Å². The molecule has 2 N–H and O–H groups in total. The maximum absolute atomic E-state index is 13.8. The average Bonchev–Trinajstić information content (AvgIpc) is 2.76. The summed E-state index contributed by atoms with van der Waals surface area (Å²) < 4.78 is 24.5. The van der Waals surface area contributed by atoms with Gasteiger partial charge in [0.25, 0.3) is 11.8 Å². The third-order valence-electron chi connectivity index (χ3n) is 4.29. The second-order valence-electron chi connectivity index (χ2n) is 6.94. The minimum atomic E-state index is -0.933. The average molecular weight is 460 g/mol. The Hall–Kier alpha value is -3.57. The van der Waals surface area contributed by atoms with Gasteiger partial charge in [0.1, 0.15) is 18.5 Å². The maximum atomic E-state index is 13.8. The summed E-state index contributed by atoms with van der Waals surface area (Å²) >= 11 is 6.21. The molecule has 2 aromatic carbocycles. The number of rotatable bonds is 9. The van der Waals surface area contributed by atoms with Crippen molar-refractivity contribution >= 4 is 29.6 Å². The zero-order valence-electron chi connectivity index (χ0n) is 17.8. The SMILES string of the molecule is C#CCOc1c(Cl)cc(/C=N/NC(=O)C(NC(=O)c2ccccc2F)C(C)C)cc1OC. The fourth-order valence-electron chi connectivity index (χ4n) is 2.71. The molecule has 0 aliphatic heterocycles. The summed E-state index contributed by atoms with van der Waals surface area (Å²) in [5, 5.41) is 6.71. The van der Waals surface area contributed by atoms with Crippen molar-refractivity contribution in [1.29, 1.82) is 0 Å². The monoisotopic (exact) mass is 459 g/mol. The third-order valence-corrected chi connectivity index (χ3v) is 4.57. The van der Waals surface area contributed by atoms with Crippen molar-refractivity contribution in [3.05, 3.63) is 58.4 Å². The van der Waals surface area contributed by atoms with Gasteiger partial charge in [0.05, 0.1) is 23.9 Å². The van der Waals surface area contributed by atoms with Gasteiger partial charge in [-0.3, -0.25) is 9.59 Å². The number of hydrazone groups is 1. The highest BCUT2D eigenvalue weighted by Gasteiger charge is 2.25. The summed E-state index contributed by atoms with van der Waals surface area (Å²) in [5.41, 5.74) is 2.75. The Labute approximate surface area is 190 Å². The van der Waals surface area contributed by atoms with Crippen LogP contribution in [0.2, 0.25) is 5.02 Å². The number of ether oxygens (including phenoxy) is 2. The van der Waals surface area contributed by atoms with E-state index in [2.05, 4.69) is 21.8 Å². The number of halogens is 2. The van der Waals surface area contributed by atoms with Gasteiger partial charge < -0.3 is 14.8 Å². The number of benzene rings is 2. The molecule has 0 fully saturated rings. The van der Waals surface area contributed by atoms with E-state index in [1.807, 2.05) is 0 Å². The Morgan fingerprint density at radius 3 is 2.66 bits per heavy atom. The van der Waals surface area contributed by atoms with Crippen LogP contribution in [0.15, 0.2) is 41.5 Å². The van der Waals surface area contributed by atoms with Crippen LogP contribution in [0.25, 0.3) is 0 Å². The summed E-state index contributed by atoms with van der Waals surface area (Å²) in [6, 6.07) is 7.76. The van der Waals surface area contributed by atoms with Crippen LogP contribution < -0.4 is 20.2 Å². The van der Waals surface area contributed by atoms with Gasteiger partial charge in [0.15, 0.2) is 11.5 Å². The summed E-state index contributed by atoms with van der Waals surface area (Å²) in [6.07, 6.45) is 6.55. The Morgan fingerprint density at radius 2 is 2.03 bits per heavy atom. The summed E-state index contributed by atoms with van der Waals surface area (Å²) in [7, 11) is 1.45. The van der Waals surface area contributed by atoms with Gasteiger partial charge in [-0.2, -0.15) is 5.10 Å². The number of hydrogen-bond donors (Lipinski definition) is 2. The zero-order valence-corrected chi connectivity index (χ0v) is 18.6. The minimum Gasteiger partial charge on any atom is -0.493 e. The third kappa shape index (κ3) is 6.46. The molecule has 2 amide bonds. The quantitative estimate of drug-likeness (QED) is 0.341. The van der Waals surface area contributed by atoms with Gasteiger partial charge >= 0.3 is 0 Å². The first-order valence-electron chi connectivity index (χ1n) is 9.60.